The summed E-state index contributed by atoms with van der Waals surface area (Å²) in [6.45, 7) is 0.872. The maximum atomic E-state index is 13.2. The van der Waals surface area contributed by atoms with Crippen LogP contribution in [0, 0.1) is 0 Å². The van der Waals surface area contributed by atoms with Gasteiger partial charge in [0.15, 0.2) is 4.91 Å². The van der Waals surface area contributed by atoms with Crippen LogP contribution < -0.4 is 15.0 Å². The topological polar surface area (TPSA) is 75.7 Å². The molecule has 0 atom stereocenters. The molecule has 1 N–H and O–H groups in total. The van der Waals surface area contributed by atoms with E-state index in [-0.39, 0.29) is 16.3 Å². The highest BCUT2D eigenvalue weighted by Gasteiger charge is 2.41. The van der Waals surface area contributed by atoms with Crippen LogP contribution in [0.4, 0.5) is 5.69 Å². The first-order valence-electron chi connectivity index (χ1n) is 8.88. The Morgan fingerprint density at radius 2 is 2.07 bits per heavy atom. The molecule has 0 saturated carbocycles. The Morgan fingerprint density at radius 3 is 2.86 bits per heavy atom. The SMILES string of the molecule is COc1cccc(CNC(=O)C2=C3CCCN3c3ccc(Cl)cc3S2(=O)=O)c1. The lowest BCUT2D eigenvalue weighted by Gasteiger charge is -2.30. The molecule has 6 nitrogen and oxygen atoms in total. The molecule has 1 fully saturated rings. The quantitative estimate of drug-likeness (QED) is 0.824. The van der Waals surface area contributed by atoms with Gasteiger partial charge in [0.2, 0.25) is 9.84 Å². The van der Waals surface area contributed by atoms with Crippen LogP contribution in [-0.2, 0) is 21.2 Å². The zero-order valence-electron chi connectivity index (χ0n) is 15.2. The number of hydrogen-bond acceptors (Lipinski definition) is 5. The second-order valence-corrected chi connectivity index (χ2v) is 8.97. The largest absolute Gasteiger partial charge is 0.497 e. The third kappa shape index (κ3) is 3.14. The summed E-state index contributed by atoms with van der Waals surface area (Å²) in [7, 11) is -2.39. The van der Waals surface area contributed by atoms with E-state index >= 15 is 0 Å². The summed E-state index contributed by atoms with van der Waals surface area (Å²) in [5.74, 6) is 0.0694. The van der Waals surface area contributed by atoms with Crippen LogP contribution in [0.3, 0.4) is 0 Å². The molecule has 0 radical (unpaired) electrons. The maximum Gasteiger partial charge on any atom is 0.265 e. The van der Waals surface area contributed by atoms with Crippen molar-refractivity contribution in [3.05, 3.63) is 63.7 Å². The van der Waals surface area contributed by atoms with Gasteiger partial charge in [-0.1, -0.05) is 23.7 Å². The minimum Gasteiger partial charge on any atom is -0.497 e. The van der Waals surface area contributed by atoms with Gasteiger partial charge in [-0.25, -0.2) is 8.42 Å². The molecule has 4 rings (SSSR count). The van der Waals surface area contributed by atoms with Gasteiger partial charge in [-0.2, -0.15) is 0 Å². The van der Waals surface area contributed by atoms with Gasteiger partial charge in [0.25, 0.3) is 5.91 Å². The predicted octanol–water partition coefficient (Wildman–Crippen LogP) is 3.26. The van der Waals surface area contributed by atoms with Gasteiger partial charge in [-0.05, 0) is 48.7 Å². The van der Waals surface area contributed by atoms with E-state index in [0.29, 0.717) is 35.1 Å². The van der Waals surface area contributed by atoms with Crippen molar-refractivity contribution >= 4 is 33.0 Å². The minimum absolute atomic E-state index is 0.0807. The van der Waals surface area contributed by atoms with Crippen LogP contribution in [0.25, 0.3) is 0 Å². The number of nitrogens with zero attached hydrogens (tertiary/aromatic N) is 1. The van der Waals surface area contributed by atoms with E-state index in [1.54, 1.807) is 31.4 Å². The van der Waals surface area contributed by atoms with E-state index in [1.807, 2.05) is 17.0 Å². The number of rotatable bonds is 4. The molecule has 2 heterocycles. The lowest BCUT2D eigenvalue weighted by Crippen LogP contribution is -2.35. The van der Waals surface area contributed by atoms with Crippen molar-refractivity contribution in [1.82, 2.24) is 5.32 Å². The second-order valence-electron chi connectivity index (χ2n) is 6.68. The van der Waals surface area contributed by atoms with E-state index in [9.17, 15) is 13.2 Å². The van der Waals surface area contributed by atoms with Gasteiger partial charge in [0, 0.05) is 23.8 Å². The van der Waals surface area contributed by atoms with Gasteiger partial charge in [-0.15, -0.1) is 0 Å². The van der Waals surface area contributed by atoms with Gasteiger partial charge in [0.1, 0.15) is 5.75 Å². The van der Waals surface area contributed by atoms with Crippen molar-refractivity contribution in [3.63, 3.8) is 0 Å². The summed E-state index contributed by atoms with van der Waals surface area (Å²) in [6.07, 6.45) is 1.34. The van der Waals surface area contributed by atoms with E-state index in [2.05, 4.69) is 5.32 Å². The smallest absolute Gasteiger partial charge is 0.265 e. The van der Waals surface area contributed by atoms with Gasteiger partial charge in [-0.3, -0.25) is 4.79 Å². The number of allylic oxidation sites excluding steroid dienone is 1. The van der Waals surface area contributed by atoms with Gasteiger partial charge >= 0.3 is 0 Å². The number of benzene rings is 2. The molecule has 2 aliphatic heterocycles. The van der Waals surface area contributed by atoms with E-state index < -0.39 is 15.7 Å². The van der Waals surface area contributed by atoms with E-state index in [4.69, 9.17) is 16.3 Å². The lowest BCUT2D eigenvalue weighted by atomic mass is 10.2. The molecule has 0 aliphatic carbocycles. The summed E-state index contributed by atoms with van der Waals surface area (Å²) in [4.78, 5) is 14.8. The molecule has 146 valence electrons. The van der Waals surface area contributed by atoms with Gasteiger partial charge in [0.05, 0.1) is 17.7 Å². The molecule has 8 heteroatoms. The third-order valence-electron chi connectivity index (χ3n) is 4.95. The number of amides is 1. The van der Waals surface area contributed by atoms with Crippen LogP contribution in [0.15, 0.2) is 58.0 Å². The number of carbonyl (C=O) groups excluding carboxylic acids is 1. The fourth-order valence-corrected chi connectivity index (χ4v) is 5.70. The van der Waals surface area contributed by atoms with Crippen LogP contribution >= 0.6 is 11.6 Å². The summed E-state index contributed by atoms with van der Waals surface area (Å²) in [5.41, 5.74) is 1.96. The maximum absolute atomic E-state index is 13.2. The summed E-state index contributed by atoms with van der Waals surface area (Å²) < 4.78 is 31.6. The van der Waals surface area contributed by atoms with Crippen LogP contribution in [0.1, 0.15) is 18.4 Å². The Morgan fingerprint density at radius 1 is 1.25 bits per heavy atom. The lowest BCUT2D eigenvalue weighted by molar-refractivity contribution is -0.117. The summed E-state index contributed by atoms with van der Waals surface area (Å²) >= 11 is 6.03. The number of ether oxygens (including phenoxy) is 1. The average molecular weight is 419 g/mol. The average Bonchev–Trinajstić information content (AvgIpc) is 3.15. The number of fused-ring (bicyclic) bond motifs is 3. The number of methoxy groups -OCH3 is 1. The number of sulfone groups is 1. The number of nitrogens with one attached hydrogen (secondary N) is 1. The second kappa shape index (κ2) is 7.14. The Bertz CT molecular complexity index is 1100. The van der Waals surface area contributed by atoms with Crippen molar-refractivity contribution in [1.29, 1.82) is 0 Å². The fraction of sp³-hybridized carbons (Fsp3) is 0.250. The minimum atomic E-state index is -3.96. The van der Waals surface area contributed by atoms with Crippen molar-refractivity contribution < 1.29 is 17.9 Å². The molecular formula is C20H19ClN2O4S. The van der Waals surface area contributed by atoms with E-state index in [1.165, 1.54) is 6.07 Å². The molecule has 0 aromatic heterocycles. The first kappa shape index (κ1) is 18.8. The fourth-order valence-electron chi connectivity index (χ4n) is 3.67. The van der Waals surface area contributed by atoms with Crippen LogP contribution in [0.5, 0.6) is 5.75 Å². The van der Waals surface area contributed by atoms with E-state index in [0.717, 1.165) is 12.0 Å². The standard InChI is InChI=1S/C20H19ClN2O4S/c1-27-15-5-2-4-13(10-15)12-22-20(24)19-17-6-3-9-23(17)16-8-7-14(21)11-18(16)28(19,25)26/h2,4-5,7-8,10-11H,3,6,9,12H2,1H3,(H,22,24). The number of carbonyl (C=O) groups is 1. The Labute approximate surface area is 168 Å². The van der Waals surface area contributed by atoms with Crippen molar-refractivity contribution in [2.24, 2.45) is 0 Å². The third-order valence-corrected chi connectivity index (χ3v) is 7.05. The van der Waals surface area contributed by atoms with Crippen molar-refractivity contribution in [3.8, 4) is 5.75 Å². The molecule has 2 aromatic carbocycles. The highest BCUT2D eigenvalue weighted by Crippen LogP contribution is 2.44. The Balaban J connectivity index is 1.68. The van der Waals surface area contributed by atoms with Crippen molar-refractivity contribution in [2.45, 2.75) is 24.3 Å². The Kier molecular flexibility index (Phi) is 4.81. The van der Waals surface area contributed by atoms with Crippen molar-refractivity contribution in [2.75, 3.05) is 18.6 Å². The Hall–Kier alpha value is -2.51. The normalized spacial score (nSPS) is 17.1. The van der Waals surface area contributed by atoms with Gasteiger partial charge < -0.3 is 15.0 Å². The molecular weight excluding hydrogens is 400 g/mol. The zero-order valence-corrected chi connectivity index (χ0v) is 16.8. The predicted molar refractivity (Wildman–Crippen MR) is 107 cm³/mol. The molecule has 2 aromatic rings. The molecule has 0 spiro atoms. The molecule has 2 aliphatic rings. The van der Waals surface area contributed by atoms with Crippen LogP contribution in [-0.4, -0.2) is 28.0 Å². The molecule has 0 unspecified atom stereocenters. The first-order chi connectivity index (χ1) is 13.4. The highest BCUT2D eigenvalue weighted by atomic mass is 35.5. The summed E-state index contributed by atoms with van der Waals surface area (Å²) in [5, 5.41) is 3.06. The zero-order chi connectivity index (χ0) is 19.9. The summed E-state index contributed by atoms with van der Waals surface area (Å²) in [6, 6.07) is 12.0. The number of halogens is 1. The first-order valence-corrected chi connectivity index (χ1v) is 10.7. The highest BCUT2D eigenvalue weighted by molar-refractivity contribution is 7.96. The number of anilines is 1. The molecule has 1 saturated heterocycles. The molecule has 0 bridgehead atoms. The number of hydrogen-bond donors (Lipinski definition) is 1. The van der Waals surface area contributed by atoms with Crippen LogP contribution in [0.2, 0.25) is 5.02 Å². The monoisotopic (exact) mass is 418 g/mol. The molecule has 28 heavy (non-hydrogen) atoms. The molecule has 1 amide bonds.